The first-order chi connectivity index (χ1) is 15.9. The van der Waals surface area contributed by atoms with Gasteiger partial charge in [0.1, 0.15) is 12.4 Å². The van der Waals surface area contributed by atoms with Crippen LogP contribution in [-0.2, 0) is 16.2 Å². The highest BCUT2D eigenvalue weighted by Crippen LogP contribution is 2.28. The first-order valence-electron chi connectivity index (χ1n) is 10.1. The summed E-state index contributed by atoms with van der Waals surface area (Å²) in [7, 11) is 0. The molecule has 1 aromatic heterocycles. The summed E-state index contributed by atoms with van der Waals surface area (Å²) in [4.78, 5) is 28.2. The molecular formula is C23H22F3N3O5. The van der Waals surface area contributed by atoms with Gasteiger partial charge in [0.05, 0.1) is 12.1 Å². The zero-order valence-electron chi connectivity index (χ0n) is 18.3. The molecule has 2 aromatic carbocycles. The molecule has 1 heterocycles. The highest BCUT2D eigenvalue weighted by Gasteiger charge is 2.46. The molecule has 8 nitrogen and oxygen atoms in total. The molecule has 0 unspecified atom stereocenters. The molecule has 0 saturated carbocycles. The van der Waals surface area contributed by atoms with Gasteiger partial charge in [-0.1, -0.05) is 18.2 Å². The number of anilines is 1. The zero-order chi connectivity index (χ0) is 25.1. The number of hydrogen-bond acceptors (Lipinski definition) is 6. The van der Waals surface area contributed by atoms with Gasteiger partial charge in [-0.25, -0.2) is 5.48 Å². The number of aromatic nitrogens is 1. The minimum Gasteiger partial charge on any atom is -0.489 e. The Morgan fingerprint density at radius 3 is 2.38 bits per heavy atom. The number of nitrogens with one attached hydrogen (secondary N) is 1. The van der Waals surface area contributed by atoms with E-state index in [4.69, 9.17) is 9.94 Å². The number of carbonyl (C=O) groups is 2. The van der Waals surface area contributed by atoms with Gasteiger partial charge < -0.3 is 14.7 Å². The second-order valence-corrected chi connectivity index (χ2v) is 7.83. The quantitative estimate of drug-likeness (QED) is 0.356. The third-order valence-corrected chi connectivity index (χ3v) is 5.02. The van der Waals surface area contributed by atoms with E-state index < -0.39 is 30.1 Å². The van der Waals surface area contributed by atoms with E-state index in [-0.39, 0.29) is 17.2 Å². The maximum atomic E-state index is 13.1. The molecule has 3 aromatic rings. The van der Waals surface area contributed by atoms with Crippen molar-refractivity contribution in [1.82, 2.24) is 10.5 Å². The number of hydrogen-bond donors (Lipinski definition) is 3. The first kappa shape index (κ1) is 24.9. The molecule has 1 atom stereocenters. The number of alkyl halides is 3. The summed E-state index contributed by atoms with van der Waals surface area (Å²) in [6.07, 6.45) is -5.26. The van der Waals surface area contributed by atoms with Crippen LogP contribution in [0.5, 0.6) is 5.75 Å². The molecule has 0 saturated heterocycles. The van der Waals surface area contributed by atoms with Crippen LogP contribution in [0.25, 0.3) is 10.9 Å². The molecule has 0 bridgehead atoms. The van der Waals surface area contributed by atoms with Crippen molar-refractivity contribution in [2.24, 2.45) is 0 Å². The molecule has 180 valence electrons. The third-order valence-electron chi connectivity index (χ3n) is 5.02. The van der Waals surface area contributed by atoms with Crippen LogP contribution in [-0.4, -0.2) is 45.4 Å². The standard InChI is InChI=1S/C23H22F3N3O5/c1-14-11-15(18-5-3-4-6-19(18)27-14)12-34-17-9-7-16(8-10-17)29(21(31)23(24,25)26)13-22(2,32)20(30)28-33/h3-11,32-33H,12-13H2,1-2H3,(H,28,30)/t22-/m0/s1. The average molecular weight is 477 g/mol. The summed E-state index contributed by atoms with van der Waals surface area (Å²) in [6.45, 7) is 1.83. The van der Waals surface area contributed by atoms with Gasteiger partial charge >= 0.3 is 12.1 Å². The summed E-state index contributed by atoms with van der Waals surface area (Å²) in [6, 6.07) is 14.5. The van der Waals surface area contributed by atoms with E-state index >= 15 is 0 Å². The minimum absolute atomic E-state index is 0.166. The number of carbonyl (C=O) groups excluding carboxylic acids is 2. The van der Waals surface area contributed by atoms with Gasteiger partial charge in [0.25, 0.3) is 5.91 Å². The van der Waals surface area contributed by atoms with E-state index in [0.29, 0.717) is 5.75 Å². The van der Waals surface area contributed by atoms with Crippen molar-refractivity contribution in [3.63, 3.8) is 0 Å². The van der Waals surface area contributed by atoms with Gasteiger partial charge in [-0.2, -0.15) is 13.2 Å². The third kappa shape index (κ3) is 5.61. The van der Waals surface area contributed by atoms with Crippen molar-refractivity contribution >= 4 is 28.4 Å². The molecule has 0 fully saturated rings. The van der Waals surface area contributed by atoms with Crippen LogP contribution in [0, 0.1) is 6.92 Å². The SMILES string of the molecule is Cc1cc(COc2ccc(N(C[C@](C)(O)C(=O)NO)C(=O)C(F)(F)F)cc2)c2ccccc2n1. The summed E-state index contributed by atoms with van der Waals surface area (Å²) < 4.78 is 45.2. The number of pyridine rings is 1. The van der Waals surface area contributed by atoms with E-state index in [1.165, 1.54) is 29.7 Å². The molecule has 0 aliphatic heterocycles. The monoisotopic (exact) mass is 477 g/mol. The molecule has 2 amide bonds. The largest absolute Gasteiger partial charge is 0.489 e. The van der Waals surface area contributed by atoms with Crippen LogP contribution in [0.2, 0.25) is 0 Å². The topological polar surface area (TPSA) is 112 Å². The lowest BCUT2D eigenvalue weighted by Gasteiger charge is -2.30. The summed E-state index contributed by atoms with van der Waals surface area (Å²) in [5.41, 5.74) is 0.909. The van der Waals surface area contributed by atoms with E-state index in [0.717, 1.165) is 29.1 Å². The highest BCUT2D eigenvalue weighted by molar-refractivity contribution is 5.98. The van der Waals surface area contributed by atoms with Crippen molar-refractivity contribution in [3.8, 4) is 5.75 Å². The van der Waals surface area contributed by atoms with E-state index in [1.54, 1.807) is 0 Å². The van der Waals surface area contributed by atoms with Gasteiger partial charge in [-0.3, -0.25) is 19.8 Å². The molecule has 0 radical (unpaired) electrons. The highest BCUT2D eigenvalue weighted by atomic mass is 19.4. The van der Waals surface area contributed by atoms with Crippen molar-refractivity contribution in [2.45, 2.75) is 32.2 Å². The minimum atomic E-state index is -5.26. The number of rotatable bonds is 7. The lowest BCUT2D eigenvalue weighted by atomic mass is 10.1. The Morgan fingerprint density at radius 1 is 1.12 bits per heavy atom. The van der Waals surface area contributed by atoms with Crippen molar-refractivity contribution in [1.29, 1.82) is 0 Å². The number of benzene rings is 2. The molecule has 0 aliphatic carbocycles. The number of amides is 2. The van der Waals surface area contributed by atoms with E-state index in [1.807, 2.05) is 37.3 Å². The van der Waals surface area contributed by atoms with Crippen LogP contribution in [0.4, 0.5) is 18.9 Å². The summed E-state index contributed by atoms with van der Waals surface area (Å²) >= 11 is 0. The number of nitrogens with zero attached hydrogens (tertiary/aromatic N) is 2. The fraction of sp³-hybridized carbons (Fsp3) is 0.261. The molecule has 0 aliphatic rings. The molecular weight excluding hydrogens is 455 g/mol. The number of ether oxygens (including phenoxy) is 1. The van der Waals surface area contributed by atoms with Crippen molar-refractivity contribution < 1.29 is 37.8 Å². The Balaban J connectivity index is 1.83. The predicted octanol–water partition coefficient (Wildman–Crippen LogP) is 3.27. The van der Waals surface area contributed by atoms with Crippen molar-refractivity contribution in [3.05, 3.63) is 65.9 Å². The fourth-order valence-electron chi connectivity index (χ4n) is 3.33. The Morgan fingerprint density at radius 2 is 1.76 bits per heavy atom. The second kappa shape index (κ2) is 9.65. The first-order valence-corrected chi connectivity index (χ1v) is 10.1. The second-order valence-electron chi connectivity index (χ2n) is 7.83. The van der Waals surface area contributed by atoms with Crippen LogP contribution >= 0.6 is 0 Å². The molecule has 3 N–H and O–H groups in total. The number of fused-ring (bicyclic) bond motifs is 1. The number of hydroxylamine groups is 1. The fourth-order valence-corrected chi connectivity index (χ4v) is 3.33. The average Bonchev–Trinajstić information content (AvgIpc) is 2.79. The smallest absolute Gasteiger partial charge is 0.471 e. The Labute approximate surface area is 192 Å². The number of aryl methyl sites for hydroxylation is 1. The maximum absolute atomic E-state index is 13.1. The van der Waals surface area contributed by atoms with Crippen LogP contribution in [0.15, 0.2) is 54.6 Å². The van der Waals surface area contributed by atoms with Crippen LogP contribution < -0.4 is 15.1 Å². The molecule has 34 heavy (non-hydrogen) atoms. The van der Waals surface area contributed by atoms with Crippen molar-refractivity contribution in [2.75, 3.05) is 11.4 Å². The maximum Gasteiger partial charge on any atom is 0.471 e. The number of aliphatic hydroxyl groups is 1. The Kier molecular flexibility index (Phi) is 7.08. The normalized spacial score (nSPS) is 13.3. The van der Waals surface area contributed by atoms with E-state index in [9.17, 15) is 27.9 Å². The van der Waals surface area contributed by atoms with Crippen LogP contribution in [0.3, 0.4) is 0 Å². The Hall–Kier alpha value is -3.70. The van der Waals surface area contributed by atoms with Gasteiger partial charge in [0.15, 0.2) is 5.60 Å². The molecule has 11 heteroatoms. The van der Waals surface area contributed by atoms with Crippen LogP contribution in [0.1, 0.15) is 18.2 Å². The lowest BCUT2D eigenvalue weighted by molar-refractivity contribution is -0.171. The van der Waals surface area contributed by atoms with Gasteiger partial charge in [0, 0.05) is 22.3 Å². The molecule has 0 spiro atoms. The lowest BCUT2D eigenvalue weighted by Crippen LogP contribution is -2.55. The van der Waals surface area contributed by atoms with Gasteiger partial charge in [-0.05, 0) is 50.2 Å². The Bertz CT molecular complexity index is 1200. The van der Waals surface area contributed by atoms with Gasteiger partial charge in [0.2, 0.25) is 0 Å². The van der Waals surface area contributed by atoms with Gasteiger partial charge in [-0.15, -0.1) is 0 Å². The summed E-state index contributed by atoms with van der Waals surface area (Å²) in [5.74, 6) is -3.33. The number of para-hydroxylation sites is 1. The zero-order valence-corrected chi connectivity index (χ0v) is 18.3. The molecule has 3 rings (SSSR count). The van der Waals surface area contributed by atoms with E-state index in [2.05, 4.69) is 4.98 Å². The number of halogens is 3. The predicted molar refractivity (Wildman–Crippen MR) is 116 cm³/mol. The summed E-state index contributed by atoms with van der Waals surface area (Å²) in [5, 5.41) is 19.8.